The second-order valence-electron chi connectivity index (χ2n) is 6.15. The average molecular weight is 276 g/mol. The molecule has 4 heteroatoms. The molecule has 3 unspecified atom stereocenters. The van der Waals surface area contributed by atoms with Gasteiger partial charge in [-0.15, -0.1) is 0 Å². The number of benzene rings is 1. The maximum Gasteiger partial charge on any atom is 0.269 e. The molecule has 0 aliphatic heterocycles. The molecule has 0 amide bonds. The van der Waals surface area contributed by atoms with Crippen LogP contribution in [0.25, 0.3) is 0 Å². The predicted octanol–water partition coefficient (Wildman–Crippen LogP) is 4.07. The van der Waals surface area contributed by atoms with Crippen molar-refractivity contribution in [2.24, 2.45) is 11.8 Å². The Hall–Kier alpha value is -1.42. The Bertz CT molecular complexity index is 465. The van der Waals surface area contributed by atoms with Crippen LogP contribution in [0.2, 0.25) is 0 Å². The first-order valence-electron chi connectivity index (χ1n) is 7.49. The van der Waals surface area contributed by atoms with Crippen LogP contribution in [-0.2, 0) is 0 Å². The third-order valence-electron chi connectivity index (χ3n) is 4.57. The Morgan fingerprint density at radius 1 is 1.30 bits per heavy atom. The van der Waals surface area contributed by atoms with Gasteiger partial charge in [-0.05, 0) is 37.2 Å². The second-order valence-corrected chi connectivity index (χ2v) is 6.15. The van der Waals surface area contributed by atoms with Gasteiger partial charge >= 0.3 is 0 Å². The first kappa shape index (κ1) is 15.0. The molecule has 1 saturated carbocycles. The van der Waals surface area contributed by atoms with Gasteiger partial charge in [-0.1, -0.05) is 32.4 Å². The van der Waals surface area contributed by atoms with Crippen LogP contribution in [-0.4, -0.2) is 11.0 Å². The summed E-state index contributed by atoms with van der Waals surface area (Å²) in [7, 11) is 0. The molecular weight excluding hydrogens is 252 g/mol. The zero-order chi connectivity index (χ0) is 14.7. The molecule has 1 aromatic rings. The molecule has 1 aliphatic rings. The fraction of sp³-hybridized carbons (Fsp3) is 0.625. The summed E-state index contributed by atoms with van der Waals surface area (Å²) in [6, 6.07) is 7.58. The Kier molecular flexibility index (Phi) is 4.76. The molecule has 1 aromatic carbocycles. The molecule has 1 fully saturated rings. The summed E-state index contributed by atoms with van der Waals surface area (Å²) >= 11 is 0. The lowest BCUT2D eigenvalue weighted by atomic mass is 9.78. The summed E-state index contributed by atoms with van der Waals surface area (Å²) in [5, 5.41) is 14.5. The smallest absolute Gasteiger partial charge is 0.269 e. The predicted molar refractivity (Wildman–Crippen MR) is 80.6 cm³/mol. The van der Waals surface area contributed by atoms with E-state index in [1.54, 1.807) is 18.2 Å². The molecule has 0 aromatic heterocycles. The fourth-order valence-electron chi connectivity index (χ4n) is 3.30. The highest BCUT2D eigenvalue weighted by molar-refractivity contribution is 5.35. The fourth-order valence-corrected chi connectivity index (χ4v) is 3.30. The number of nitro benzene ring substituents is 1. The SMILES string of the molecule is CC(NC1C(C)CCCC1C)c1cccc([N+](=O)[O-])c1. The topological polar surface area (TPSA) is 55.2 Å². The molecular formula is C16H24N2O2. The van der Waals surface area contributed by atoms with Crippen LogP contribution < -0.4 is 5.32 Å². The van der Waals surface area contributed by atoms with Gasteiger partial charge in [0, 0.05) is 24.2 Å². The largest absolute Gasteiger partial charge is 0.307 e. The van der Waals surface area contributed by atoms with Gasteiger partial charge < -0.3 is 5.32 Å². The van der Waals surface area contributed by atoms with Crippen molar-refractivity contribution in [2.75, 3.05) is 0 Å². The van der Waals surface area contributed by atoms with E-state index in [1.807, 2.05) is 6.07 Å². The number of hydrogen-bond donors (Lipinski definition) is 1. The monoisotopic (exact) mass is 276 g/mol. The van der Waals surface area contributed by atoms with Crippen LogP contribution in [0, 0.1) is 22.0 Å². The molecule has 20 heavy (non-hydrogen) atoms. The van der Waals surface area contributed by atoms with Crippen LogP contribution in [0.3, 0.4) is 0 Å². The van der Waals surface area contributed by atoms with E-state index in [-0.39, 0.29) is 16.7 Å². The number of nitrogens with one attached hydrogen (secondary N) is 1. The van der Waals surface area contributed by atoms with Crippen LogP contribution in [0.15, 0.2) is 24.3 Å². The van der Waals surface area contributed by atoms with Gasteiger partial charge in [0.25, 0.3) is 5.69 Å². The lowest BCUT2D eigenvalue weighted by Gasteiger charge is -2.37. The summed E-state index contributed by atoms with van der Waals surface area (Å²) < 4.78 is 0. The quantitative estimate of drug-likeness (QED) is 0.666. The minimum atomic E-state index is -0.331. The van der Waals surface area contributed by atoms with Gasteiger partial charge in [-0.3, -0.25) is 10.1 Å². The molecule has 0 radical (unpaired) electrons. The summed E-state index contributed by atoms with van der Waals surface area (Å²) in [5.74, 6) is 1.33. The van der Waals surface area contributed by atoms with Gasteiger partial charge in [-0.25, -0.2) is 0 Å². The highest BCUT2D eigenvalue weighted by Gasteiger charge is 2.28. The summed E-state index contributed by atoms with van der Waals surface area (Å²) in [5.41, 5.74) is 1.16. The molecule has 0 heterocycles. The van der Waals surface area contributed by atoms with Crippen molar-refractivity contribution in [3.63, 3.8) is 0 Å². The number of hydrogen-bond acceptors (Lipinski definition) is 3. The molecule has 1 N–H and O–H groups in total. The Morgan fingerprint density at radius 2 is 1.95 bits per heavy atom. The van der Waals surface area contributed by atoms with Crippen molar-refractivity contribution in [3.05, 3.63) is 39.9 Å². The minimum Gasteiger partial charge on any atom is -0.307 e. The molecule has 4 nitrogen and oxygen atoms in total. The number of nitrogens with zero attached hydrogens (tertiary/aromatic N) is 1. The van der Waals surface area contributed by atoms with Crippen molar-refractivity contribution in [3.8, 4) is 0 Å². The first-order chi connectivity index (χ1) is 9.49. The Labute approximate surface area is 120 Å². The van der Waals surface area contributed by atoms with Crippen LogP contribution >= 0.6 is 0 Å². The number of rotatable bonds is 4. The van der Waals surface area contributed by atoms with E-state index < -0.39 is 0 Å². The van der Waals surface area contributed by atoms with Crippen LogP contribution in [0.5, 0.6) is 0 Å². The van der Waals surface area contributed by atoms with E-state index in [4.69, 9.17) is 0 Å². The van der Waals surface area contributed by atoms with Crippen LogP contribution in [0.1, 0.15) is 51.6 Å². The van der Waals surface area contributed by atoms with Gasteiger partial charge in [0.05, 0.1) is 4.92 Å². The van der Waals surface area contributed by atoms with E-state index in [0.717, 1.165) is 5.56 Å². The van der Waals surface area contributed by atoms with E-state index in [0.29, 0.717) is 17.9 Å². The van der Waals surface area contributed by atoms with E-state index >= 15 is 0 Å². The molecule has 0 bridgehead atoms. The van der Waals surface area contributed by atoms with Crippen molar-refractivity contribution < 1.29 is 4.92 Å². The lowest BCUT2D eigenvalue weighted by molar-refractivity contribution is -0.384. The molecule has 110 valence electrons. The third kappa shape index (κ3) is 3.37. The van der Waals surface area contributed by atoms with E-state index in [2.05, 4.69) is 26.1 Å². The van der Waals surface area contributed by atoms with Crippen molar-refractivity contribution in [2.45, 2.75) is 52.1 Å². The molecule has 1 aliphatic carbocycles. The molecule has 0 spiro atoms. The molecule has 3 atom stereocenters. The Balaban J connectivity index is 2.09. The normalized spacial score (nSPS) is 28.1. The zero-order valence-electron chi connectivity index (χ0n) is 12.5. The lowest BCUT2D eigenvalue weighted by Crippen LogP contribution is -2.43. The van der Waals surface area contributed by atoms with Crippen LogP contribution in [0.4, 0.5) is 5.69 Å². The van der Waals surface area contributed by atoms with Gasteiger partial charge in [0.2, 0.25) is 0 Å². The number of non-ortho nitro benzene ring substituents is 1. The van der Waals surface area contributed by atoms with Gasteiger partial charge in [0.15, 0.2) is 0 Å². The summed E-state index contributed by atoms with van der Waals surface area (Å²) in [4.78, 5) is 10.5. The highest BCUT2D eigenvalue weighted by atomic mass is 16.6. The summed E-state index contributed by atoms with van der Waals surface area (Å²) in [6.45, 7) is 6.69. The zero-order valence-corrected chi connectivity index (χ0v) is 12.5. The third-order valence-corrected chi connectivity index (χ3v) is 4.57. The first-order valence-corrected chi connectivity index (χ1v) is 7.49. The number of nitro groups is 1. The van der Waals surface area contributed by atoms with Crippen molar-refractivity contribution in [1.29, 1.82) is 0 Å². The van der Waals surface area contributed by atoms with E-state index in [9.17, 15) is 10.1 Å². The minimum absolute atomic E-state index is 0.142. The van der Waals surface area contributed by atoms with Gasteiger partial charge in [0.1, 0.15) is 0 Å². The summed E-state index contributed by atoms with van der Waals surface area (Å²) in [6.07, 6.45) is 3.85. The van der Waals surface area contributed by atoms with Crippen molar-refractivity contribution >= 4 is 5.69 Å². The average Bonchev–Trinajstić information content (AvgIpc) is 2.43. The second kappa shape index (κ2) is 6.35. The maximum absolute atomic E-state index is 10.9. The molecule has 0 saturated heterocycles. The van der Waals surface area contributed by atoms with Crippen molar-refractivity contribution in [1.82, 2.24) is 5.32 Å². The standard InChI is InChI=1S/C16H24N2O2/c1-11-6-4-7-12(2)16(11)17-13(3)14-8-5-9-15(10-14)18(19)20/h5,8-13,16-17H,4,6-7H2,1-3H3. The maximum atomic E-state index is 10.9. The highest BCUT2D eigenvalue weighted by Crippen LogP contribution is 2.31. The van der Waals surface area contributed by atoms with E-state index in [1.165, 1.54) is 19.3 Å². The molecule has 2 rings (SSSR count). The Morgan fingerprint density at radius 3 is 2.55 bits per heavy atom. The van der Waals surface area contributed by atoms with Gasteiger partial charge in [-0.2, -0.15) is 0 Å².